The zero-order chi connectivity index (χ0) is 17.8. The average molecular weight is 361 g/mol. The van der Waals surface area contributed by atoms with E-state index in [0.717, 1.165) is 24.5 Å². The number of aryl methyl sites for hydroxylation is 1. The maximum absolute atomic E-state index is 12.5. The molecule has 2 aromatic rings. The van der Waals surface area contributed by atoms with Crippen LogP contribution in [0.15, 0.2) is 41.5 Å². The van der Waals surface area contributed by atoms with Crippen molar-refractivity contribution in [1.29, 1.82) is 0 Å². The third-order valence-electron chi connectivity index (χ3n) is 4.41. The molecule has 0 atom stereocenters. The number of piperazine rings is 1. The van der Waals surface area contributed by atoms with Crippen LogP contribution < -0.4 is 10.5 Å². The summed E-state index contributed by atoms with van der Waals surface area (Å²) in [5.74, 6) is -0.0566. The van der Waals surface area contributed by atoms with Crippen molar-refractivity contribution in [2.75, 3.05) is 31.1 Å². The second kappa shape index (κ2) is 7.70. The van der Waals surface area contributed by atoms with Gasteiger partial charge in [-0.1, -0.05) is 24.6 Å². The number of anilines is 1. The lowest BCUT2D eigenvalue weighted by atomic mass is 10.2. The standard InChI is InChI=1S/C18H21ClN4O2/c1-2-15-11-17(24)23(13-20-15)12-18(25)22-8-6-21(7-9-22)16-5-3-4-14(19)10-16/h3-5,10-11,13H,2,6-9,12H2,1H3. The Morgan fingerprint density at radius 3 is 2.60 bits per heavy atom. The molecule has 1 fully saturated rings. The number of aromatic nitrogens is 2. The Kier molecular flexibility index (Phi) is 5.38. The van der Waals surface area contributed by atoms with Crippen molar-refractivity contribution in [2.24, 2.45) is 0 Å². The molecule has 1 saturated heterocycles. The van der Waals surface area contributed by atoms with Gasteiger partial charge in [-0.2, -0.15) is 0 Å². The van der Waals surface area contributed by atoms with E-state index >= 15 is 0 Å². The van der Waals surface area contributed by atoms with E-state index in [1.54, 1.807) is 4.90 Å². The molecule has 7 heteroatoms. The van der Waals surface area contributed by atoms with Crippen LogP contribution in [-0.4, -0.2) is 46.5 Å². The minimum absolute atomic E-state index is 0.0347. The maximum atomic E-state index is 12.5. The summed E-state index contributed by atoms with van der Waals surface area (Å²) in [5.41, 5.74) is 1.62. The minimum atomic E-state index is -0.183. The Balaban J connectivity index is 1.59. The number of hydrogen-bond donors (Lipinski definition) is 0. The lowest BCUT2D eigenvalue weighted by Crippen LogP contribution is -2.50. The van der Waals surface area contributed by atoms with Crippen LogP contribution in [0.4, 0.5) is 5.69 Å². The van der Waals surface area contributed by atoms with Crippen LogP contribution in [0.2, 0.25) is 5.02 Å². The van der Waals surface area contributed by atoms with Gasteiger partial charge in [0.2, 0.25) is 5.91 Å². The average Bonchev–Trinajstić information content (AvgIpc) is 2.63. The fourth-order valence-electron chi connectivity index (χ4n) is 2.91. The van der Waals surface area contributed by atoms with Crippen LogP contribution in [-0.2, 0) is 17.8 Å². The van der Waals surface area contributed by atoms with E-state index in [1.165, 1.54) is 17.0 Å². The normalized spacial score (nSPS) is 14.6. The second-order valence-corrected chi connectivity index (χ2v) is 6.48. The molecule has 1 amide bonds. The molecule has 1 aromatic carbocycles. The molecule has 0 aliphatic carbocycles. The second-order valence-electron chi connectivity index (χ2n) is 6.05. The number of carbonyl (C=O) groups is 1. The Hall–Kier alpha value is -2.34. The van der Waals surface area contributed by atoms with Crippen molar-refractivity contribution < 1.29 is 4.79 Å². The molecular formula is C18H21ClN4O2. The van der Waals surface area contributed by atoms with Crippen LogP contribution in [0.25, 0.3) is 0 Å². The fourth-order valence-corrected chi connectivity index (χ4v) is 3.09. The Morgan fingerprint density at radius 2 is 1.96 bits per heavy atom. The summed E-state index contributed by atoms with van der Waals surface area (Å²) in [6, 6.07) is 9.21. The molecular weight excluding hydrogens is 340 g/mol. The summed E-state index contributed by atoms with van der Waals surface area (Å²) >= 11 is 6.04. The van der Waals surface area contributed by atoms with Crippen molar-refractivity contribution in [2.45, 2.75) is 19.9 Å². The van der Waals surface area contributed by atoms with Crippen molar-refractivity contribution in [3.8, 4) is 0 Å². The Labute approximate surface area is 151 Å². The third-order valence-corrected chi connectivity index (χ3v) is 4.64. The first-order valence-electron chi connectivity index (χ1n) is 8.40. The highest BCUT2D eigenvalue weighted by Crippen LogP contribution is 2.20. The molecule has 0 unspecified atom stereocenters. The van der Waals surface area contributed by atoms with Gasteiger partial charge in [-0.15, -0.1) is 0 Å². The summed E-state index contributed by atoms with van der Waals surface area (Å²) in [5, 5.41) is 0.707. The zero-order valence-electron chi connectivity index (χ0n) is 14.2. The quantitative estimate of drug-likeness (QED) is 0.834. The molecule has 0 radical (unpaired) electrons. The first kappa shape index (κ1) is 17.5. The molecule has 0 bridgehead atoms. The van der Waals surface area contributed by atoms with Crippen LogP contribution in [0, 0.1) is 0 Å². The molecule has 0 spiro atoms. The predicted molar refractivity (Wildman–Crippen MR) is 98.1 cm³/mol. The highest BCUT2D eigenvalue weighted by Gasteiger charge is 2.21. The number of nitrogens with zero attached hydrogens (tertiary/aromatic N) is 4. The van der Waals surface area contributed by atoms with E-state index in [0.29, 0.717) is 24.5 Å². The highest BCUT2D eigenvalue weighted by molar-refractivity contribution is 6.30. The smallest absolute Gasteiger partial charge is 0.253 e. The molecule has 2 heterocycles. The number of hydrogen-bond acceptors (Lipinski definition) is 4. The van der Waals surface area contributed by atoms with Gasteiger partial charge >= 0.3 is 0 Å². The van der Waals surface area contributed by atoms with Gasteiger partial charge in [0.1, 0.15) is 6.54 Å². The van der Waals surface area contributed by atoms with E-state index in [4.69, 9.17) is 11.6 Å². The molecule has 1 aromatic heterocycles. The monoisotopic (exact) mass is 360 g/mol. The van der Waals surface area contributed by atoms with E-state index in [9.17, 15) is 9.59 Å². The van der Waals surface area contributed by atoms with Gasteiger partial charge in [0.15, 0.2) is 0 Å². The lowest BCUT2D eigenvalue weighted by Gasteiger charge is -2.36. The van der Waals surface area contributed by atoms with Gasteiger partial charge in [0, 0.05) is 48.6 Å². The van der Waals surface area contributed by atoms with Gasteiger partial charge in [-0.05, 0) is 24.6 Å². The van der Waals surface area contributed by atoms with Gasteiger partial charge in [0.25, 0.3) is 5.56 Å². The van der Waals surface area contributed by atoms with E-state index in [2.05, 4.69) is 9.88 Å². The Bertz CT molecular complexity index is 813. The molecule has 1 aliphatic rings. The summed E-state index contributed by atoms with van der Waals surface area (Å²) in [6.45, 7) is 4.72. The number of rotatable bonds is 4. The zero-order valence-corrected chi connectivity index (χ0v) is 14.9. The van der Waals surface area contributed by atoms with Gasteiger partial charge in [-0.3, -0.25) is 14.2 Å². The predicted octanol–water partition coefficient (Wildman–Crippen LogP) is 1.81. The molecule has 25 heavy (non-hydrogen) atoms. The number of benzene rings is 1. The lowest BCUT2D eigenvalue weighted by molar-refractivity contribution is -0.132. The molecule has 132 valence electrons. The highest BCUT2D eigenvalue weighted by atomic mass is 35.5. The molecule has 3 rings (SSSR count). The van der Waals surface area contributed by atoms with Crippen molar-refractivity contribution in [3.05, 3.63) is 57.7 Å². The topological polar surface area (TPSA) is 58.4 Å². The summed E-state index contributed by atoms with van der Waals surface area (Å²) in [4.78, 5) is 32.7. The first-order valence-corrected chi connectivity index (χ1v) is 8.78. The Morgan fingerprint density at radius 1 is 1.20 bits per heavy atom. The SMILES string of the molecule is CCc1cc(=O)n(CC(=O)N2CCN(c3cccc(Cl)c3)CC2)cn1. The summed E-state index contributed by atoms with van der Waals surface area (Å²) in [6.07, 6.45) is 2.16. The van der Waals surface area contributed by atoms with Crippen molar-refractivity contribution in [3.63, 3.8) is 0 Å². The van der Waals surface area contributed by atoms with Crippen LogP contribution in [0.3, 0.4) is 0 Å². The van der Waals surface area contributed by atoms with E-state index in [1.807, 2.05) is 31.2 Å². The van der Waals surface area contributed by atoms with Crippen LogP contribution in [0.1, 0.15) is 12.6 Å². The minimum Gasteiger partial charge on any atom is -0.368 e. The molecule has 6 nitrogen and oxygen atoms in total. The van der Waals surface area contributed by atoms with Gasteiger partial charge in [-0.25, -0.2) is 4.98 Å². The molecule has 1 aliphatic heterocycles. The molecule has 0 saturated carbocycles. The maximum Gasteiger partial charge on any atom is 0.253 e. The molecule has 0 N–H and O–H groups in total. The van der Waals surface area contributed by atoms with Crippen molar-refractivity contribution >= 4 is 23.2 Å². The third kappa shape index (κ3) is 4.20. The number of amides is 1. The van der Waals surface area contributed by atoms with Crippen LogP contribution >= 0.6 is 11.6 Å². The van der Waals surface area contributed by atoms with Gasteiger partial charge in [0.05, 0.1) is 6.33 Å². The van der Waals surface area contributed by atoms with Crippen LogP contribution in [0.5, 0.6) is 0 Å². The van der Waals surface area contributed by atoms with E-state index in [-0.39, 0.29) is 18.0 Å². The summed E-state index contributed by atoms with van der Waals surface area (Å²) < 4.78 is 1.37. The largest absolute Gasteiger partial charge is 0.368 e. The van der Waals surface area contributed by atoms with Gasteiger partial charge < -0.3 is 9.80 Å². The van der Waals surface area contributed by atoms with E-state index < -0.39 is 0 Å². The fraction of sp³-hybridized carbons (Fsp3) is 0.389. The number of halogens is 1. The first-order chi connectivity index (χ1) is 12.1. The number of carbonyl (C=O) groups excluding carboxylic acids is 1. The summed E-state index contributed by atoms with van der Waals surface area (Å²) in [7, 11) is 0. The van der Waals surface area contributed by atoms with Crippen molar-refractivity contribution in [1.82, 2.24) is 14.5 Å².